The number of aryl methyl sites for hydroxylation is 1. The topological polar surface area (TPSA) is 213 Å². The molecule has 20 heteroatoms. The first-order valence-electron chi connectivity index (χ1n) is 23.6. The molecular weight excluding hydrogens is 943 g/mol. The fourth-order valence-electron chi connectivity index (χ4n) is 8.44. The lowest BCUT2D eigenvalue weighted by Crippen LogP contribution is -2.58. The molecule has 0 bridgehead atoms. The van der Waals surface area contributed by atoms with Gasteiger partial charge in [-0.1, -0.05) is 74.6 Å². The summed E-state index contributed by atoms with van der Waals surface area (Å²) < 4.78 is 11.9. The highest BCUT2D eigenvalue weighted by molar-refractivity contribution is 7.22. The van der Waals surface area contributed by atoms with Crippen molar-refractivity contribution in [2.45, 2.75) is 79.1 Å². The summed E-state index contributed by atoms with van der Waals surface area (Å²) in [6.07, 6.45) is 3.49. The van der Waals surface area contributed by atoms with Crippen molar-refractivity contribution in [2.24, 2.45) is 5.41 Å². The number of aromatic nitrogens is 4. The van der Waals surface area contributed by atoms with Gasteiger partial charge in [-0.25, -0.2) is 24.7 Å². The molecule has 3 aromatic heterocycles. The summed E-state index contributed by atoms with van der Waals surface area (Å²) >= 11 is 2.98. The molecule has 2 unspecified atom stereocenters. The van der Waals surface area contributed by atoms with Crippen LogP contribution < -0.4 is 30.9 Å². The monoisotopic (exact) mass is 1000 g/mol. The number of ether oxygens (including phenoxy) is 2. The maximum absolute atomic E-state index is 14.1. The van der Waals surface area contributed by atoms with Crippen LogP contribution in [-0.2, 0) is 30.5 Å². The van der Waals surface area contributed by atoms with Crippen molar-refractivity contribution >= 4 is 79.4 Å². The molecule has 2 aliphatic rings. The van der Waals surface area contributed by atoms with E-state index in [0.29, 0.717) is 74.6 Å². The molecular formula is C51H59N11O7S2. The summed E-state index contributed by atoms with van der Waals surface area (Å²) in [5.74, 6) is -0.402. The van der Waals surface area contributed by atoms with Crippen LogP contribution in [0, 0.1) is 12.3 Å². The minimum atomic E-state index is -0.899. The van der Waals surface area contributed by atoms with E-state index in [1.165, 1.54) is 23.7 Å². The molecule has 0 saturated carbocycles. The summed E-state index contributed by atoms with van der Waals surface area (Å²) in [7, 11) is 0. The lowest BCUT2D eigenvalue weighted by atomic mass is 9.85. The van der Waals surface area contributed by atoms with E-state index in [-0.39, 0.29) is 37.0 Å². The van der Waals surface area contributed by atoms with E-state index in [1.54, 1.807) is 36.2 Å². The van der Waals surface area contributed by atoms with Gasteiger partial charge in [0.2, 0.25) is 23.7 Å². The number of hydrogen-bond acceptors (Lipinski definition) is 15. The Kier molecular flexibility index (Phi) is 15.9. The summed E-state index contributed by atoms with van der Waals surface area (Å²) in [6.45, 7) is 14.2. The van der Waals surface area contributed by atoms with Crippen molar-refractivity contribution in [1.82, 2.24) is 40.4 Å². The Morgan fingerprint density at radius 2 is 1.58 bits per heavy atom. The van der Waals surface area contributed by atoms with Gasteiger partial charge in [0.15, 0.2) is 17.5 Å². The molecule has 6 aromatic rings. The number of fused-ring (bicyclic) bond motifs is 1. The van der Waals surface area contributed by atoms with Gasteiger partial charge in [0.25, 0.3) is 5.91 Å². The highest BCUT2D eigenvalue weighted by Crippen LogP contribution is 2.32. The molecule has 0 spiro atoms. The minimum Gasteiger partial charge on any atom is -0.481 e. The fraction of sp³-hybridized carbons (Fsp3) is 0.392. The molecule has 5 heterocycles. The number of amides is 5. The first-order chi connectivity index (χ1) is 34.1. The van der Waals surface area contributed by atoms with Crippen molar-refractivity contribution in [1.29, 1.82) is 0 Å². The van der Waals surface area contributed by atoms with Crippen molar-refractivity contribution in [3.8, 4) is 27.3 Å². The number of carbonyl (C=O) groups is 5. The third kappa shape index (κ3) is 13.0. The second-order valence-corrected chi connectivity index (χ2v) is 20.8. The molecule has 372 valence electrons. The zero-order valence-electron chi connectivity index (χ0n) is 40.7. The summed E-state index contributed by atoms with van der Waals surface area (Å²) in [5, 5.41) is 12.1. The van der Waals surface area contributed by atoms with E-state index in [1.807, 2.05) is 98.8 Å². The molecule has 8 rings (SSSR count). The normalized spacial score (nSPS) is 15.6. The van der Waals surface area contributed by atoms with E-state index >= 15 is 0 Å². The molecule has 2 atom stereocenters. The maximum atomic E-state index is 14.1. The molecule has 3 aromatic carbocycles. The fourth-order valence-corrected chi connectivity index (χ4v) is 10.2. The molecule has 4 N–H and O–H groups in total. The van der Waals surface area contributed by atoms with Crippen LogP contribution in [0.4, 0.5) is 21.6 Å². The Labute approximate surface area is 420 Å². The Morgan fingerprint density at radius 1 is 0.845 bits per heavy atom. The van der Waals surface area contributed by atoms with Gasteiger partial charge in [0.1, 0.15) is 12.1 Å². The first-order valence-corrected chi connectivity index (χ1v) is 25.3. The molecule has 0 radical (unpaired) electrons. The molecule has 2 saturated heterocycles. The SMILES string of the molecule is Cc1ncsc1-c1ccc(CNC(=O)C2CCCN2C(=O)C(NC(=O)COc2cnc(N3CCN(CC(=O)Nc4nc5ccc(-c6cccc(NC(=O)OC(C)C)c6)cc5s4)CC3)nc2)C(C)(C)C)cc1. The zero-order valence-corrected chi connectivity index (χ0v) is 42.3. The van der Waals surface area contributed by atoms with Gasteiger partial charge in [-0.2, -0.15) is 0 Å². The van der Waals surface area contributed by atoms with E-state index in [2.05, 4.69) is 46.1 Å². The van der Waals surface area contributed by atoms with Crippen LogP contribution in [0.5, 0.6) is 5.75 Å². The van der Waals surface area contributed by atoms with Gasteiger partial charge in [0, 0.05) is 45.0 Å². The van der Waals surface area contributed by atoms with Gasteiger partial charge >= 0.3 is 6.09 Å². The standard InChI is InChI=1S/C51H59N11O7S2/c1-31(2)69-50(67)56-37-10-7-9-35(23-37)36-16-17-39-41(24-36)71-49(57-39)59-42(63)28-60-19-21-61(22-20-60)48-53-26-38(27-54-48)68-29-43(64)58-45(51(4,5)6)47(66)62-18-8-11-40(62)46(65)52-25-33-12-14-34(15-13-33)44-32(3)55-30-70-44/h7,9-10,12-17,23-24,26-27,30-31,40,45H,8,11,18-22,25,28-29H2,1-6H3,(H,52,65)(H,56,67)(H,58,64)(H,57,59,63). The third-order valence-corrected chi connectivity index (χ3v) is 14.0. The number of likely N-dealkylation sites (tertiary alicyclic amines) is 1. The number of benzene rings is 3. The number of nitrogens with zero attached hydrogens (tertiary/aromatic N) is 7. The summed E-state index contributed by atoms with van der Waals surface area (Å²) in [6, 6.07) is 19.9. The van der Waals surface area contributed by atoms with E-state index in [9.17, 15) is 24.0 Å². The van der Waals surface area contributed by atoms with Crippen molar-refractivity contribution in [3.05, 3.63) is 95.9 Å². The Balaban J connectivity index is 0.766. The number of carbonyl (C=O) groups excluding carboxylic acids is 5. The Bertz CT molecular complexity index is 2860. The number of thiazole rings is 2. The first kappa shape index (κ1) is 50.4. The van der Waals surface area contributed by atoms with Crippen LogP contribution in [0.3, 0.4) is 0 Å². The van der Waals surface area contributed by atoms with Gasteiger partial charge in [-0.05, 0) is 85.5 Å². The summed E-state index contributed by atoms with van der Waals surface area (Å²) in [5.41, 5.74) is 7.42. The largest absolute Gasteiger partial charge is 0.481 e. The number of piperazine rings is 1. The van der Waals surface area contributed by atoms with Crippen LogP contribution in [0.2, 0.25) is 0 Å². The number of hydrogen-bond donors (Lipinski definition) is 4. The van der Waals surface area contributed by atoms with Crippen molar-refractivity contribution in [3.63, 3.8) is 0 Å². The third-order valence-electron chi connectivity index (χ3n) is 12.1. The highest BCUT2D eigenvalue weighted by Gasteiger charge is 2.42. The number of rotatable bonds is 16. The van der Waals surface area contributed by atoms with E-state index in [0.717, 1.165) is 43.0 Å². The highest BCUT2D eigenvalue weighted by atomic mass is 32.1. The van der Waals surface area contributed by atoms with E-state index in [4.69, 9.17) is 9.47 Å². The van der Waals surface area contributed by atoms with Gasteiger partial charge < -0.3 is 35.2 Å². The molecule has 0 aliphatic carbocycles. The van der Waals surface area contributed by atoms with Crippen molar-refractivity contribution in [2.75, 3.05) is 61.4 Å². The Morgan fingerprint density at radius 3 is 2.28 bits per heavy atom. The predicted octanol–water partition coefficient (Wildman–Crippen LogP) is 7.12. The minimum absolute atomic E-state index is 0.162. The van der Waals surface area contributed by atoms with Crippen molar-refractivity contribution < 1.29 is 33.4 Å². The van der Waals surface area contributed by atoms with Crippen LogP contribution in [0.1, 0.15) is 58.7 Å². The van der Waals surface area contributed by atoms with Crippen LogP contribution in [0.25, 0.3) is 31.8 Å². The second-order valence-electron chi connectivity index (χ2n) is 18.9. The quantitative estimate of drug-likeness (QED) is 0.0762. The van der Waals surface area contributed by atoms with Crippen LogP contribution >= 0.6 is 22.7 Å². The molecule has 71 heavy (non-hydrogen) atoms. The molecule has 18 nitrogen and oxygen atoms in total. The molecule has 2 fully saturated rings. The predicted molar refractivity (Wildman–Crippen MR) is 275 cm³/mol. The Hall–Kier alpha value is -7.03. The average Bonchev–Trinajstić information content (AvgIpc) is 4.11. The molecule has 5 amide bonds. The summed E-state index contributed by atoms with van der Waals surface area (Å²) in [4.78, 5) is 90.7. The lowest BCUT2D eigenvalue weighted by Gasteiger charge is -2.35. The maximum Gasteiger partial charge on any atom is 0.411 e. The number of nitrogens with one attached hydrogen (secondary N) is 4. The lowest BCUT2D eigenvalue weighted by molar-refractivity contribution is -0.144. The average molecular weight is 1000 g/mol. The smallest absolute Gasteiger partial charge is 0.411 e. The van der Waals surface area contributed by atoms with E-state index < -0.39 is 29.5 Å². The van der Waals surface area contributed by atoms with Gasteiger partial charge in [0.05, 0.1) is 51.3 Å². The van der Waals surface area contributed by atoms with Crippen LogP contribution in [0.15, 0.2) is 84.6 Å². The molecule has 2 aliphatic heterocycles. The van der Waals surface area contributed by atoms with Gasteiger partial charge in [-0.15, -0.1) is 11.3 Å². The number of anilines is 3. The zero-order chi connectivity index (χ0) is 50.2. The van der Waals surface area contributed by atoms with Gasteiger partial charge in [-0.3, -0.25) is 29.4 Å². The van der Waals surface area contributed by atoms with Crippen LogP contribution in [-0.4, -0.2) is 124 Å². The second kappa shape index (κ2) is 22.4.